The van der Waals surface area contributed by atoms with Crippen molar-refractivity contribution in [3.8, 4) is 0 Å². The summed E-state index contributed by atoms with van der Waals surface area (Å²) in [6, 6.07) is 3.20. The molecule has 1 atom stereocenters. The van der Waals surface area contributed by atoms with Crippen LogP contribution in [0.15, 0.2) is 18.2 Å². The van der Waals surface area contributed by atoms with Crippen LogP contribution in [0.3, 0.4) is 0 Å². The highest BCUT2D eigenvalue weighted by Gasteiger charge is 2.25. The number of carbonyl (C=O) groups excluding carboxylic acids is 1. The largest absolute Gasteiger partial charge is 0.480 e. The third-order valence-corrected chi connectivity index (χ3v) is 3.72. The van der Waals surface area contributed by atoms with Gasteiger partial charge in [-0.2, -0.15) is 0 Å². The summed E-state index contributed by atoms with van der Waals surface area (Å²) in [5.74, 6) is -1.94. The summed E-state index contributed by atoms with van der Waals surface area (Å²) in [5, 5.41) is 22.5. The Balaban J connectivity index is 3.14. The first-order valence-corrected chi connectivity index (χ1v) is 7.85. The van der Waals surface area contributed by atoms with E-state index in [-0.39, 0.29) is 17.7 Å². The van der Waals surface area contributed by atoms with Gasteiger partial charge >= 0.3 is 5.97 Å². The number of nitro benzene ring substituents is 1. The minimum atomic E-state index is -1.18. The number of unbranched alkanes of at least 4 members (excludes halogenated alkanes) is 1. The Bertz CT molecular complexity index is 618. The maximum atomic E-state index is 12.3. The monoisotopic (exact) mass is 337 g/mol. The van der Waals surface area contributed by atoms with Crippen LogP contribution in [0.4, 0.5) is 11.4 Å². The van der Waals surface area contributed by atoms with Gasteiger partial charge in [-0.25, -0.2) is 4.79 Å². The summed E-state index contributed by atoms with van der Waals surface area (Å²) in [6.07, 6.45) is 2.14. The molecule has 24 heavy (non-hydrogen) atoms. The van der Waals surface area contributed by atoms with Crippen LogP contribution >= 0.6 is 0 Å². The molecule has 1 rings (SSSR count). The van der Waals surface area contributed by atoms with Crippen LogP contribution in [0.1, 0.15) is 43.5 Å². The average molecular weight is 337 g/mol. The Morgan fingerprint density at radius 2 is 2.04 bits per heavy atom. The standard InChI is InChI=1S/C16H23N3O5/c1-4-6-9-18(3)11-7-8-14(19(23)24)12(10-11)15(20)17-13(5-2)16(21)22/h7-8,10,13H,4-6,9H2,1-3H3,(H,17,20)(H,21,22). The van der Waals surface area contributed by atoms with Crippen molar-refractivity contribution < 1.29 is 19.6 Å². The number of aliphatic carboxylic acids is 1. The van der Waals surface area contributed by atoms with Crippen molar-refractivity contribution >= 4 is 23.3 Å². The molecule has 1 aromatic carbocycles. The summed E-state index contributed by atoms with van der Waals surface area (Å²) < 4.78 is 0. The van der Waals surface area contributed by atoms with Crippen molar-refractivity contribution in [3.05, 3.63) is 33.9 Å². The molecule has 2 N–H and O–H groups in total. The van der Waals surface area contributed by atoms with Crippen LogP contribution in [-0.2, 0) is 4.79 Å². The molecule has 0 saturated heterocycles. The molecule has 0 spiro atoms. The molecule has 0 radical (unpaired) electrons. The van der Waals surface area contributed by atoms with Gasteiger partial charge in [0.25, 0.3) is 11.6 Å². The number of carboxylic acids is 1. The van der Waals surface area contributed by atoms with E-state index < -0.39 is 22.8 Å². The van der Waals surface area contributed by atoms with Crippen molar-refractivity contribution in [2.75, 3.05) is 18.5 Å². The Morgan fingerprint density at radius 1 is 1.38 bits per heavy atom. The zero-order chi connectivity index (χ0) is 18.3. The van der Waals surface area contributed by atoms with Gasteiger partial charge in [0.1, 0.15) is 11.6 Å². The molecule has 0 aliphatic heterocycles. The van der Waals surface area contributed by atoms with Crippen LogP contribution in [0.25, 0.3) is 0 Å². The molecule has 0 aromatic heterocycles. The van der Waals surface area contributed by atoms with Crippen LogP contribution < -0.4 is 10.2 Å². The van der Waals surface area contributed by atoms with Crippen molar-refractivity contribution in [1.82, 2.24) is 5.32 Å². The lowest BCUT2D eigenvalue weighted by Crippen LogP contribution is -2.40. The summed E-state index contributed by atoms with van der Waals surface area (Å²) in [5.41, 5.74) is 0.184. The number of hydrogen-bond acceptors (Lipinski definition) is 5. The lowest BCUT2D eigenvalue weighted by atomic mass is 10.1. The summed E-state index contributed by atoms with van der Waals surface area (Å²) in [4.78, 5) is 35.8. The second-order valence-electron chi connectivity index (χ2n) is 5.51. The lowest BCUT2D eigenvalue weighted by molar-refractivity contribution is -0.385. The minimum Gasteiger partial charge on any atom is -0.480 e. The topological polar surface area (TPSA) is 113 Å². The molecular weight excluding hydrogens is 314 g/mol. The maximum Gasteiger partial charge on any atom is 0.326 e. The van der Waals surface area contributed by atoms with Gasteiger partial charge in [-0.05, 0) is 25.0 Å². The van der Waals surface area contributed by atoms with Gasteiger partial charge in [0, 0.05) is 25.3 Å². The van der Waals surface area contributed by atoms with Crippen LogP contribution in [-0.4, -0.2) is 41.5 Å². The predicted molar refractivity (Wildman–Crippen MR) is 90.5 cm³/mol. The van der Waals surface area contributed by atoms with E-state index in [0.717, 1.165) is 19.4 Å². The normalized spacial score (nSPS) is 11.6. The van der Waals surface area contributed by atoms with Gasteiger partial charge in [-0.15, -0.1) is 0 Å². The smallest absolute Gasteiger partial charge is 0.326 e. The molecule has 0 aliphatic rings. The quantitative estimate of drug-likeness (QED) is 0.528. The molecule has 1 aromatic rings. The molecule has 0 saturated carbocycles. The van der Waals surface area contributed by atoms with Crippen molar-refractivity contribution in [2.24, 2.45) is 0 Å². The van der Waals surface area contributed by atoms with Crippen molar-refractivity contribution in [3.63, 3.8) is 0 Å². The number of carboxylic acid groups (broad SMARTS) is 1. The molecule has 132 valence electrons. The van der Waals surface area contributed by atoms with Crippen LogP contribution in [0.2, 0.25) is 0 Å². The third kappa shape index (κ3) is 4.94. The fraction of sp³-hybridized carbons (Fsp3) is 0.500. The Morgan fingerprint density at radius 3 is 2.54 bits per heavy atom. The molecule has 0 aliphatic carbocycles. The number of nitro groups is 1. The van der Waals surface area contributed by atoms with Gasteiger partial charge in [0.2, 0.25) is 0 Å². The van der Waals surface area contributed by atoms with Gasteiger partial charge in [0.15, 0.2) is 0 Å². The number of hydrogen-bond donors (Lipinski definition) is 2. The zero-order valence-electron chi connectivity index (χ0n) is 14.1. The van der Waals surface area contributed by atoms with Gasteiger partial charge in [0.05, 0.1) is 4.92 Å². The first-order chi connectivity index (χ1) is 11.3. The zero-order valence-corrected chi connectivity index (χ0v) is 14.1. The van der Waals surface area contributed by atoms with Crippen molar-refractivity contribution in [1.29, 1.82) is 0 Å². The number of rotatable bonds is 9. The van der Waals surface area contributed by atoms with E-state index in [1.807, 2.05) is 11.9 Å². The Labute approximate surface area is 140 Å². The molecule has 8 nitrogen and oxygen atoms in total. The van der Waals surface area contributed by atoms with E-state index in [9.17, 15) is 19.7 Å². The van der Waals surface area contributed by atoms with E-state index in [2.05, 4.69) is 12.2 Å². The van der Waals surface area contributed by atoms with E-state index in [4.69, 9.17) is 5.11 Å². The van der Waals surface area contributed by atoms with Crippen LogP contribution in [0, 0.1) is 10.1 Å². The Kier molecular flexibility index (Phi) is 7.16. The minimum absolute atomic E-state index is 0.138. The lowest BCUT2D eigenvalue weighted by Gasteiger charge is -2.20. The number of nitrogens with one attached hydrogen (secondary N) is 1. The second-order valence-corrected chi connectivity index (χ2v) is 5.51. The van der Waals surface area contributed by atoms with Crippen molar-refractivity contribution in [2.45, 2.75) is 39.2 Å². The molecule has 0 bridgehead atoms. The summed E-state index contributed by atoms with van der Waals surface area (Å²) in [7, 11) is 1.84. The molecule has 8 heteroatoms. The van der Waals surface area contributed by atoms with Gasteiger partial charge in [-0.1, -0.05) is 20.3 Å². The fourth-order valence-electron chi connectivity index (χ4n) is 2.20. The Hall–Kier alpha value is -2.64. The SMILES string of the molecule is CCCCN(C)c1ccc([N+](=O)[O-])c(C(=O)NC(CC)C(=O)O)c1. The molecule has 0 heterocycles. The molecule has 1 unspecified atom stereocenters. The van der Waals surface area contributed by atoms with Gasteiger partial charge in [-0.3, -0.25) is 14.9 Å². The molecule has 0 fully saturated rings. The average Bonchev–Trinajstić information content (AvgIpc) is 2.56. The first kappa shape index (κ1) is 19.4. The molecule has 1 amide bonds. The highest BCUT2D eigenvalue weighted by Crippen LogP contribution is 2.25. The highest BCUT2D eigenvalue weighted by molar-refractivity contribution is 6.00. The predicted octanol–water partition coefficient (Wildman–Crippen LogP) is 2.42. The van der Waals surface area contributed by atoms with E-state index in [1.165, 1.54) is 12.1 Å². The van der Waals surface area contributed by atoms with E-state index >= 15 is 0 Å². The van der Waals surface area contributed by atoms with Crippen LogP contribution in [0.5, 0.6) is 0 Å². The first-order valence-electron chi connectivity index (χ1n) is 7.85. The molecular formula is C16H23N3O5. The summed E-state index contributed by atoms with van der Waals surface area (Å²) in [6.45, 7) is 4.42. The van der Waals surface area contributed by atoms with E-state index in [0.29, 0.717) is 5.69 Å². The maximum absolute atomic E-state index is 12.3. The summed E-state index contributed by atoms with van der Waals surface area (Å²) >= 11 is 0. The number of anilines is 1. The fourth-order valence-corrected chi connectivity index (χ4v) is 2.20. The van der Waals surface area contributed by atoms with E-state index in [1.54, 1.807) is 13.0 Å². The highest BCUT2D eigenvalue weighted by atomic mass is 16.6. The number of carbonyl (C=O) groups is 2. The number of benzene rings is 1. The third-order valence-electron chi connectivity index (χ3n) is 3.72. The second kappa shape index (κ2) is 8.85. The number of amides is 1. The van der Waals surface area contributed by atoms with Gasteiger partial charge < -0.3 is 15.3 Å². The number of nitrogens with zero attached hydrogens (tertiary/aromatic N) is 2.